The second-order valence-corrected chi connectivity index (χ2v) is 7.17. The molecule has 1 aromatic rings. The Labute approximate surface area is 111 Å². The monoisotopic (exact) mass is 297 g/mol. The van der Waals surface area contributed by atoms with Crippen molar-refractivity contribution in [2.45, 2.75) is 51.0 Å². The van der Waals surface area contributed by atoms with Crippen LogP contribution in [-0.2, 0) is 11.8 Å². The van der Waals surface area contributed by atoms with Crippen LogP contribution in [0, 0.1) is 0 Å². The smallest absolute Gasteiger partial charge is 0.122 e. The number of nitrogens with two attached hydrogens (primary N) is 1. The van der Waals surface area contributed by atoms with Crippen molar-refractivity contribution in [1.82, 2.24) is 0 Å². The van der Waals surface area contributed by atoms with Crippen molar-refractivity contribution in [3.05, 3.63) is 27.7 Å². The first-order chi connectivity index (χ1) is 7.71. The molecule has 0 atom stereocenters. The van der Waals surface area contributed by atoms with Gasteiger partial charge in [-0.2, -0.15) is 0 Å². The molecule has 1 saturated carbocycles. The molecule has 3 heteroatoms. The Kier molecular flexibility index (Phi) is 3.03. The van der Waals surface area contributed by atoms with Crippen molar-refractivity contribution in [2.75, 3.05) is 0 Å². The van der Waals surface area contributed by atoms with Gasteiger partial charge in [0.25, 0.3) is 0 Å². The van der Waals surface area contributed by atoms with E-state index < -0.39 is 0 Å². The zero-order valence-electron chi connectivity index (χ0n) is 10.7. The lowest BCUT2D eigenvalue weighted by Gasteiger charge is -2.23. The van der Waals surface area contributed by atoms with Crippen LogP contribution in [0.5, 0.6) is 5.75 Å². The molecule has 0 radical (unpaired) electrons. The van der Waals surface area contributed by atoms with Gasteiger partial charge in [0.15, 0.2) is 0 Å². The molecule has 2 nitrogen and oxygen atoms in total. The number of rotatable bonds is 2. The topological polar surface area (TPSA) is 46.2 Å². The third-order valence-electron chi connectivity index (χ3n) is 3.40. The van der Waals surface area contributed by atoms with Gasteiger partial charge in [-0.3, -0.25) is 0 Å². The molecule has 3 N–H and O–H groups in total. The van der Waals surface area contributed by atoms with Crippen molar-refractivity contribution in [1.29, 1.82) is 0 Å². The van der Waals surface area contributed by atoms with Crippen molar-refractivity contribution in [3.63, 3.8) is 0 Å². The minimum absolute atomic E-state index is 0.0616. The van der Waals surface area contributed by atoms with Gasteiger partial charge in [0.2, 0.25) is 0 Å². The summed E-state index contributed by atoms with van der Waals surface area (Å²) in [4.78, 5) is 0. The largest absolute Gasteiger partial charge is 0.507 e. The first-order valence-electron chi connectivity index (χ1n) is 6.02. The Morgan fingerprint density at radius 1 is 1.35 bits per heavy atom. The van der Waals surface area contributed by atoms with Crippen molar-refractivity contribution in [3.8, 4) is 5.75 Å². The first kappa shape index (κ1) is 12.9. The van der Waals surface area contributed by atoms with E-state index in [0.29, 0.717) is 5.75 Å². The molecule has 0 aliphatic heterocycles. The summed E-state index contributed by atoms with van der Waals surface area (Å²) in [5, 5.41) is 10.4. The number of halogens is 1. The van der Waals surface area contributed by atoms with Gasteiger partial charge in [-0.05, 0) is 42.4 Å². The van der Waals surface area contributed by atoms with Gasteiger partial charge >= 0.3 is 0 Å². The van der Waals surface area contributed by atoms with Crippen molar-refractivity contribution >= 4 is 15.9 Å². The number of phenols is 1. The van der Waals surface area contributed by atoms with E-state index in [9.17, 15) is 5.11 Å². The normalized spacial score (nSPS) is 18.2. The van der Waals surface area contributed by atoms with E-state index in [1.54, 1.807) is 0 Å². The number of aromatic hydroxyl groups is 1. The second-order valence-electron chi connectivity index (χ2n) is 6.25. The van der Waals surface area contributed by atoms with Gasteiger partial charge < -0.3 is 10.8 Å². The van der Waals surface area contributed by atoms with Crippen LogP contribution in [-0.4, -0.2) is 10.6 Å². The molecule has 0 aromatic heterocycles. The third-order valence-corrected chi connectivity index (χ3v) is 3.85. The minimum atomic E-state index is -0.0760. The van der Waals surface area contributed by atoms with Gasteiger partial charge in [-0.25, -0.2) is 0 Å². The Balaban J connectivity index is 2.42. The highest BCUT2D eigenvalue weighted by Crippen LogP contribution is 2.41. The third kappa shape index (κ3) is 2.83. The highest BCUT2D eigenvalue weighted by molar-refractivity contribution is 9.10. The lowest BCUT2D eigenvalue weighted by atomic mass is 9.84. The van der Waals surface area contributed by atoms with Crippen LogP contribution in [0.15, 0.2) is 16.6 Å². The summed E-state index contributed by atoms with van der Waals surface area (Å²) in [6.07, 6.45) is 2.88. The van der Waals surface area contributed by atoms with Gasteiger partial charge in [-0.15, -0.1) is 0 Å². The van der Waals surface area contributed by atoms with E-state index in [2.05, 4.69) is 36.7 Å². The van der Waals surface area contributed by atoms with Crippen LogP contribution in [0.25, 0.3) is 0 Å². The van der Waals surface area contributed by atoms with E-state index in [-0.39, 0.29) is 11.0 Å². The fourth-order valence-electron chi connectivity index (χ4n) is 2.08. The van der Waals surface area contributed by atoms with E-state index in [1.807, 2.05) is 12.1 Å². The van der Waals surface area contributed by atoms with E-state index in [1.165, 1.54) is 0 Å². The van der Waals surface area contributed by atoms with Crippen LogP contribution in [0.1, 0.15) is 44.7 Å². The average molecular weight is 298 g/mol. The molecule has 0 saturated heterocycles. The van der Waals surface area contributed by atoms with Crippen molar-refractivity contribution in [2.24, 2.45) is 5.73 Å². The zero-order valence-corrected chi connectivity index (χ0v) is 12.3. The average Bonchev–Trinajstić information content (AvgIpc) is 2.87. The fourth-order valence-corrected chi connectivity index (χ4v) is 2.58. The Morgan fingerprint density at radius 2 is 1.94 bits per heavy atom. The summed E-state index contributed by atoms with van der Waals surface area (Å²) in [5.41, 5.74) is 7.93. The van der Waals surface area contributed by atoms with Gasteiger partial charge in [-0.1, -0.05) is 36.7 Å². The predicted molar refractivity (Wildman–Crippen MR) is 74.4 cm³/mol. The maximum atomic E-state index is 10.4. The summed E-state index contributed by atoms with van der Waals surface area (Å²) in [7, 11) is 0. The Hall–Kier alpha value is -0.540. The van der Waals surface area contributed by atoms with Gasteiger partial charge in [0.1, 0.15) is 5.75 Å². The summed E-state index contributed by atoms with van der Waals surface area (Å²) < 4.78 is 1.01. The molecule has 0 amide bonds. The maximum Gasteiger partial charge on any atom is 0.122 e. The molecule has 0 heterocycles. The predicted octanol–water partition coefficient (Wildman–Crippen LogP) is 3.49. The van der Waals surface area contributed by atoms with Crippen LogP contribution in [0.2, 0.25) is 0 Å². The van der Waals surface area contributed by atoms with E-state index in [4.69, 9.17) is 5.73 Å². The summed E-state index contributed by atoms with van der Waals surface area (Å²) in [6.45, 7) is 6.31. The van der Waals surface area contributed by atoms with Crippen LogP contribution >= 0.6 is 15.9 Å². The second kappa shape index (κ2) is 3.99. The summed E-state index contributed by atoms with van der Waals surface area (Å²) in [6, 6.07) is 3.98. The molecular weight excluding hydrogens is 278 g/mol. The Bertz CT molecular complexity index is 444. The molecule has 1 aromatic carbocycles. The fraction of sp³-hybridized carbons (Fsp3) is 0.571. The molecule has 0 bridgehead atoms. The van der Waals surface area contributed by atoms with Crippen LogP contribution in [0.4, 0.5) is 0 Å². The van der Waals surface area contributed by atoms with E-state index in [0.717, 1.165) is 34.9 Å². The lowest BCUT2D eigenvalue weighted by Crippen LogP contribution is -2.25. The minimum Gasteiger partial charge on any atom is -0.507 e. The number of hydrogen-bond acceptors (Lipinski definition) is 2. The highest BCUT2D eigenvalue weighted by Gasteiger charge is 2.39. The van der Waals surface area contributed by atoms with Crippen LogP contribution in [0.3, 0.4) is 0 Å². The van der Waals surface area contributed by atoms with Gasteiger partial charge in [0, 0.05) is 15.6 Å². The van der Waals surface area contributed by atoms with Crippen LogP contribution < -0.4 is 5.73 Å². The molecule has 0 unspecified atom stereocenters. The standard InChI is InChI=1S/C14H20BrNO/c1-13(2,3)11-7-10(15)6-9(12(11)17)8-14(16)4-5-14/h6-7,17H,4-5,8,16H2,1-3H3. The summed E-state index contributed by atoms with van der Waals surface area (Å²) >= 11 is 3.52. The quantitative estimate of drug-likeness (QED) is 0.878. The molecular formula is C14H20BrNO. The molecule has 94 valence electrons. The SMILES string of the molecule is CC(C)(C)c1cc(Br)cc(CC2(N)CC2)c1O. The van der Waals surface area contributed by atoms with Gasteiger partial charge in [0.05, 0.1) is 0 Å². The number of phenolic OH excluding ortho intramolecular Hbond substituents is 1. The van der Waals surface area contributed by atoms with Crippen molar-refractivity contribution < 1.29 is 5.11 Å². The zero-order chi connectivity index (χ0) is 12.8. The Morgan fingerprint density at radius 3 is 2.41 bits per heavy atom. The molecule has 2 rings (SSSR count). The first-order valence-corrected chi connectivity index (χ1v) is 6.81. The molecule has 17 heavy (non-hydrogen) atoms. The highest BCUT2D eigenvalue weighted by atomic mass is 79.9. The summed E-state index contributed by atoms with van der Waals surface area (Å²) in [5.74, 6) is 0.414. The molecule has 0 spiro atoms. The molecule has 1 fully saturated rings. The molecule has 1 aliphatic carbocycles. The lowest BCUT2D eigenvalue weighted by molar-refractivity contribution is 0.436. The number of hydrogen-bond donors (Lipinski definition) is 2. The number of benzene rings is 1. The maximum absolute atomic E-state index is 10.4. The van der Waals surface area contributed by atoms with E-state index >= 15 is 0 Å². The molecule has 1 aliphatic rings.